The molecule has 0 amide bonds. The first-order chi connectivity index (χ1) is 2.89. The third-order valence-corrected chi connectivity index (χ3v) is 0.829. The molecule has 0 bridgehead atoms. The molecule has 58 valence electrons. The molecule has 0 unspecified atom stereocenters. The zero-order valence-corrected chi connectivity index (χ0v) is 6.63. The zero-order valence-electron chi connectivity index (χ0n) is 5.35. The largest absolute Gasteiger partial charge is 4.00 e. The van der Waals surface area contributed by atoms with Crippen LogP contribution in [0.3, 0.4) is 0 Å². The molecule has 0 aliphatic rings. The summed E-state index contributed by atoms with van der Waals surface area (Å²) in [5.74, 6) is 0. The Bertz CT molecular complexity index is 117. The van der Waals surface area contributed by atoms with E-state index in [0.717, 1.165) is 0 Å². The van der Waals surface area contributed by atoms with Crippen LogP contribution in [-0.2, 0) is 17.4 Å². The van der Waals surface area contributed by atoms with Crippen LogP contribution in [0.15, 0.2) is 24.3 Å². The Labute approximate surface area is 68.8 Å². The van der Waals surface area contributed by atoms with E-state index < -0.39 is 0 Å². The maximum atomic E-state index is 2.08. The van der Waals surface area contributed by atoms with Crippen LogP contribution in [-0.4, -0.2) is 0 Å². The van der Waals surface area contributed by atoms with Gasteiger partial charge in [-0.3, -0.25) is 0 Å². The van der Waals surface area contributed by atoms with Gasteiger partial charge in [-0.15, -0.1) is 0 Å². The topological polar surface area (TPSA) is 0 Å². The maximum absolute atomic E-state index is 2.08. The fraction of sp³-hybridized carbons (Fsp3) is 0.167. The minimum absolute atomic E-state index is 0. The van der Waals surface area contributed by atoms with Crippen molar-refractivity contribution in [2.75, 3.05) is 0 Å². The van der Waals surface area contributed by atoms with Gasteiger partial charge >= 0.3 is 17.4 Å². The summed E-state index contributed by atoms with van der Waals surface area (Å²) in [6, 6.07) is 8.24. The molecule has 0 N–H and O–H groups in total. The molecule has 0 fully saturated rings. The first kappa shape index (κ1) is 22.6. The van der Waals surface area contributed by atoms with E-state index in [-0.39, 0.29) is 31.5 Å². The molecular weight excluding hydrogens is 181 g/mol. The second-order valence-corrected chi connectivity index (χ2v) is 1.46. The molecule has 0 heterocycles. The van der Waals surface area contributed by atoms with Crippen LogP contribution < -0.4 is 14.1 Å². The molecule has 0 nitrogen and oxygen atoms in total. The van der Waals surface area contributed by atoms with Crippen molar-refractivity contribution < 1.29 is 31.5 Å². The van der Waals surface area contributed by atoms with Crippen LogP contribution in [0.2, 0.25) is 0 Å². The van der Waals surface area contributed by atoms with Crippen molar-refractivity contribution in [3.8, 4) is 0 Å². The average molecular weight is 188 g/mol. The quantitative estimate of drug-likeness (QED) is 0.355. The number of hydrogen-bond acceptors (Lipinski definition) is 0. The van der Waals surface area contributed by atoms with Gasteiger partial charge in [0.05, 0.1) is 0 Å². The standard InChI is InChI=1S/C6H7.Cr.3FH/c1-6-4-2-3-5-6;;;;/h2-5H,1H3;;3*1H/q-1;+4;;;/p-3. The van der Waals surface area contributed by atoms with Gasteiger partial charge in [0.2, 0.25) is 0 Å². The number of hydrogen-bond donors (Lipinski definition) is 0. The fourth-order valence-corrected chi connectivity index (χ4v) is 0.470. The van der Waals surface area contributed by atoms with Crippen LogP contribution in [0.25, 0.3) is 0 Å². The molecule has 4 heteroatoms. The summed E-state index contributed by atoms with van der Waals surface area (Å²) in [5, 5.41) is 0. The van der Waals surface area contributed by atoms with Crippen LogP contribution in [0.4, 0.5) is 0 Å². The second kappa shape index (κ2) is 11.5. The Morgan fingerprint density at radius 1 is 0.900 bits per heavy atom. The van der Waals surface area contributed by atoms with Crippen molar-refractivity contribution in [3.63, 3.8) is 0 Å². The zero-order chi connectivity index (χ0) is 4.41. The Morgan fingerprint density at radius 3 is 1.30 bits per heavy atom. The molecule has 10 heavy (non-hydrogen) atoms. The van der Waals surface area contributed by atoms with Crippen LogP contribution in [0.5, 0.6) is 0 Å². The van der Waals surface area contributed by atoms with E-state index in [4.69, 9.17) is 0 Å². The molecule has 1 aromatic carbocycles. The van der Waals surface area contributed by atoms with Gasteiger partial charge in [0.1, 0.15) is 0 Å². The van der Waals surface area contributed by atoms with Crippen LogP contribution in [0, 0.1) is 6.92 Å². The second-order valence-electron chi connectivity index (χ2n) is 1.46. The number of aryl methyl sites for hydroxylation is 1. The molecular formula is C6H7CrF3. The molecule has 1 aromatic rings. The van der Waals surface area contributed by atoms with E-state index in [1.165, 1.54) is 5.56 Å². The molecule has 0 aromatic heterocycles. The van der Waals surface area contributed by atoms with Gasteiger partial charge in [0.15, 0.2) is 0 Å². The predicted octanol–water partition coefficient (Wildman–Crippen LogP) is -7.28. The minimum Gasteiger partial charge on any atom is -1.00 e. The number of rotatable bonds is 0. The summed E-state index contributed by atoms with van der Waals surface area (Å²) in [7, 11) is 0. The van der Waals surface area contributed by atoms with Crippen LogP contribution >= 0.6 is 0 Å². The van der Waals surface area contributed by atoms with E-state index >= 15 is 0 Å². The van der Waals surface area contributed by atoms with E-state index in [1.54, 1.807) is 0 Å². The van der Waals surface area contributed by atoms with E-state index in [0.29, 0.717) is 0 Å². The maximum Gasteiger partial charge on any atom is 4.00 e. The SMILES string of the molecule is C[c-]1cccc1.[Cr+4].[F-].[F-].[F-]. The summed E-state index contributed by atoms with van der Waals surface area (Å²) in [6.45, 7) is 2.08. The predicted molar refractivity (Wildman–Crippen MR) is 26.8 cm³/mol. The van der Waals surface area contributed by atoms with Crippen molar-refractivity contribution in [3.05, 3.63) is 29.8 Å². The van der Waals surface area contributed by atoms with Crippen molar-refractivity contribution >= 4 is 0 Å². The van der Waals surface area contributed by atoms with Gasteiger partial charge in [0, 0.05) is 0 Å². The monoisotopic (exact) mass is 188 g/mol. The van der Waals surface area contributed by atoms with Gasteiger partial charge in [-0.25, -0.2) is 12.1 Å². The molecule has 0 aliphatic heterocycles. The Morgan fingerprint density at radius 2 is 1.20 bits per heavy atom. The Hall–Kier alpha value is -0.328. The molecule has 0 aliphatic carbocycles. The van der Waals surface area contributed by atoms with Gasteiger partial charge in [0.25, 0.3) is 0 Å². The summed E-state index contributed by atoms with van der Waals surface area (Å²) < 4.78 is 0. The van der Waals surface area contributed by atoms with E-state index in [2.05, 4.69) is 19.1 Å². The van der Waals surface area contributed by atoms with E-state index in [9.17, 15) is 0 Å². The molecule has 0 saturated carbocycles. The summed E-state index contributed by atoms with van der Waals surface area (Å²) in [4.78, 5) is 0. The molecule has 0 spiro atoms. The smallest absolute Gasteiger partial charge is 1.00 e. The Balaban J connectivity index is -0.0000000450. The van der Waals surface area contributed by atoms with E-state index in [1.807, 2.05) is 12.1 Å². The minimum atomic E-state index is 0. The summed E-state index contributed by atoms with van der Waals surface area (Å²) in [6.07, 6.45) is 0. The van der Waals surface area contributed by atoms with Crippen molar-refractivity contribution in [2.24, 2.45) is 0 Å². The van der Waals surface area contributed by atoms with Gasteiger partial charge in [-0.1, -0.05) is 6.92 Å². The van der Waals surface area contributed by atoms with Crippen molar-refractivity contribution in [1.82, 2.24) is 0 Å². The first-order valence-electron chi connectivity index (χ1n) is 2.08. The molecule has 0 saturated heterocycles. The Kier molecular flexibility index (Phi) is 25.9. The average Bonchev–Trinajstić information content (AvgIpc) is 1.86. The van der Waals surface area contributed by atoms with Crippen LogP contribution in [0.1, 0.15) is 5.56 Å². The van der Waals surface area contributed by atoms with Gasteiger partial charge in [-0.2, -0.15) is 17.7 Å². The molecule has 0 radical (unpaired) electrons. The van der Waals surface area contributed by atoms with Crippen molar-refractivity contribution in [2.45, 2.75) is 6.92 Å². The number of halogens is 3. The summed E-state index contributed by atoms with van der Waals surface area (Å²) in [5.41, 5.74) is 1.34. The third-order valence-electron chi connectivity index (χ3n) is 0.829. The third kappa shape index (κ3) is 7.67. The summed E-state index contributed by atoms with van der Waals surface area (Å²) >= 11 is 0. The first-order valence-corrected chi connectivity index (χ1v) is 2.08. The normalized spacial score (nSPS) is 5.30. The molecule has 0 atom stereocenters. The van der Waals surface area contributed by atoms with Gasteiger partial charge in [-0.05, 0) is 0 Å². The van der Waals surface area contributed by atoms with Gasteiger partial charge < -0.3 is 14.1 Å². The van der Waals surface area contributed by atoms with Crippen molar-refractivity contribution in [1.29, 1.82) is 0 Å². The fourth-order valence-electron chi connectivity index (χ4n) is 0.470. The molecule has 1 rings (SSSR count).